The highest BCUT2D eigenvalue weighted by atomic mass is 16.3. The average Bonchev–Trinajstić information content (AvgIpc) is 3.37. The first-order chi connectivity index (χ1) is 14.9. The van der Waals surface area contributed by atoms with Crippen LogP contribution in [-0.2, 0) is 20.0 Å². The van der Waals surface area contributed by atoms with Gasteiger partial charge in [0.15, 0.2) is 11.7 Å². The molecule has 3 N–H and O–H groups in total. The minimum atomic E-state index is -0.270. The number of hydrogen-bond donors (Lipinski definition) is 3. The van der Waals surface area contributed by atoms with Gasteiger partial charge in [-0.2, -0.15) is 5.10 Å². The summed E-state index contributed by atoms with van der Waals surface area (Å²) in [5.41, 5.74) is 5.31. The molecule has 0 saturated carbocycles. The molecule has 0 saturated heterocycles. The third-order valence-corrected chi connectivity index (χ3v) is 5.19. The molecule has 31 heavy (non-hydrogen) atoms. The minimum absolute atomic E-state index is 0.201. The number of nitrogens with one attached hydrogen (secondary N) is 3. The summed E-state index contributed by atoms with van der Waals surface area (Å²) >= 11 is 0. The molecule has 3 aromatic rings. The van der Waals surface area contributed by atoms with E-state index in [-0.39, 0.29) is 17.7 Å². The SMILES string of the molecule is CN=C(NCc1ccc(NC(=O)c2ccco2)cc1)NC(C)Cc1c(C)nn(C)c1C. The lowest BCUT2D eigenvalue weighted by molar-refractivity contribution is 0.0996. The Labute approximate surface area is 182 Å². The van der Waals surface area contributed by atoms with Gasteiger partial charge in [-0.25, -0.2) is 0 Å². The lowest BCUT2D eigenvalue weighted by Crippen LogP contribution is -2.42. The second kappa shape index (κ2) is 9.97. The maximum Gasteiger partial charge on any atom is 0.291 e. The number of benzene rings is 1. The van der Waals surface area contributed by atoms with Gasteiger partial charge in [-0.15, -0.1) is 0 Å². The highest BCUT2D eigenvalue weighted by molar-refractivity contribution is 6.02. The normalized spacial score (nSPS) is 12.5. The van der Waals surface area contributed by atoms with Crippen molar-refractivity contribution in [3.8, 4) is 0 Å². The Hall–Kier alpha value is -3.55. The molecule has 3 rings (SSSR count). The smallest absolute Gasteiger partial charge is 0.291 e. The number of furan rings is 1. The van der Waals surface area contributed by atoms with Gasteiger partial charge in [0.05, 0.1) is 12.0 Å². The quantitative estimate of drug-likeness (QED) is 0.401. The van der Waals surface area contributed by atoms with E-state index in [0.717, 1.165) is 23.6 Å². The van der Waals surface area contributed by atoms with Gasteiger partial charge < -0.3 is 20.4 Å². The van der Waals surface area contributed by atoms with Crippen LogP contribution in [0, 0.1) is 13.8 Å². The van der Waals surface area contributed by atoms with Crippen LogP contribution in [0.4, 0.5) is 5.69 Å². The largest absolute Gasteiger partial charge is 0.459 e. The van der Waals surface area contributed by atoms with Crippen molar-refractivity contribution in [2.45, 2.75) is 39.8 Å². The number of rotatable bonds is 7. The molecule has 0 spiro atoms. The Kier molecular flexibility index (Phi) is 7.12. The second-order valence-electron chi connectivity index (χ2n) is 7.58. The van der Waals surface area contributed by atoms with Crippen molar-refractivity contribution in [3.05, 3.63) is 70.9 Å². The molecule has 0 bridgehead atoms. The Morgan fingerprint density at radius 1 is 1.23 bits per heavy atom. The van der Waals surface area contributed by atoms with E-state index >= 15 is 0 Å². The standard InChI is InChI=1S/C23H30N6O2/c1-15(13-20-16(2)28-29(5)17(20)3)26-23(24-4)25-14-18-8-10-19(11-9-18)27-22(30)21-7-6-12-31-21/h6-12,15H,13-14H2,1-5H3,(H,27,30)(H2,24,25,26). The topological polar surface area (TPSA) is 96.5 Å². The van der Waals surface area contributed by atoms with E-state index in [4.69, 9.17) is 4.42 Å². The molecule has 164 valence electrons. The molecule has 2 heterocycles. The highest BCUT2D eigenvalue weighted by Gasteiger charge is 2.14. The number of aryl methyl sites for hydroxylation is 2. The summed E-state index contributed by atoms with van der Waals surface area (Å²) in [4.78, 5) is 16.4. The maximum atomic E-state index is 12.0. The Morgan fingerprint density at radius 2 is 1.97 bits per heavy atom. The predicted octanol–water partition coefficient (Wildman–Crippen LogP) is 3.18. The van der Waals surface area contributed by atoms with Crippen LogP contribution in [-0.4, -0.2) is 34.7 Å². The Bertz CT molecular complexity index is 1030. The first-order valence-electron chi connectivity index (χ1n) is 10.3. The summed E-state index contributed by atoms with van der Waals surface area (Å²) in [6.07, 6.45) is 2.35. The van der Waals surface area contributed by atoms with E-state index in [1.165, 1.54) is 17.5 Å². The van der Waals surface area contributed by atoms with Gasteiger partial charge in [0.25, 0.3) is 5.91 Å². The number of nitrogens with zero attached hydrogens (tertiary/aromatic N) is 3. The van der Waals surface area contributed by atoms with Crippen molar-refractivity contribution in [3.63, 3.8) is 0 Å². The van der Waals surface area contributed by atoms with Crippen molar-refractivity contribution >= 4 is 17.6 Å². The molecule has 0 radical (unpaired) electrons. The molecule has 0 aliphatic carbocycles. The number of hydrogen-bond acceptors (Lipinski definition) is 4. The molecule has 1 atom stereocenters. The molecule has 1 aromatic carbocycles. The van der Waals surface area contributed by atoms with E-state index in [0.29, 0.717) is 12.2 Å². The van der Waals surface area contributed by atoms with Crippen LogP contribution in [0.15, 0.2) is 52.1 Å². The zero-order valence-corrected chi connectivity index (χ0v) is 18.7. The summed E-state index contributed by atoms with van der Waals surface area (Å²) in [5.74, 6) is 0.752. The Balaban J connectivity index is 1.50. The van der Waals surface area contributed by atoms with Crippen molar-refractivity contribution in [2.24, 2.45) is 12.0 Å². The molecular weight excluding hydrogens is 392 g/mol. The van der Waals surface area contributed by atoms with Crippen LogP contribution in [0.5, 0.6) is 0 Å². The summed E-state index contributed by atoms with van der Waals surface area (Å²) in [5, 5.41) is 14.1. The van der Waals surface area contributed by atoms with Crippen LogP contribution in [0.25, 0.3) is 0 Å². The number of anilines is 1. The Morgan fingerprint density at radius 3 is 2.55 bits per heavy atom. The van der Waals surface area contributed by atoms with E-state index in [9.17, 15) is 4.79 Å². The van der Waals surface area contributed by atoms with Crippen LogP contribution in [0.1, 0.15) is 40.0 Å². The van der Waals surface area contributed by atoms with Crippen molar-refractivity contribution in [2.75, 3.05) is 12.4 Å². The summed E-state index contributed by atoms with van der Waals surface area (Å²) in [7, 11) is 3.73. The fourth-order valence-corrected chi connectivity index (χ4v) is 3.39. The fourth-order valence-electron chi connectivity index (χ4n) is 3.39. The summed E-state index contributed by atoms with van der Waals surface area (Å²) < 4.78 is 7.03. The first-order valence-corrected chi connectivity index (χ1v) is 10.3. The van der Waals surface area contributed by atoms with Gasteiger partial charge in [0.2, 0.25) is 0 Å². The summed E-state index contributed by atoms with van der Waals surface area (Å²) in [6.45, 7) is 6.89. The number of amides is 1. The molecule has 0 fully saturated rings. The number of carbonyl (C=O) groups excluding carboxylic acids is 1. The number of aromatic nitrogens is 2. The lowest BCUT2D eigenvalue weighted by Gasteiger charge is -2.18. The van der Waals surface area contributed by atoms with Crippen molar-refractivity contribution < 1.29 is 9.21 Å². The molecular formula is C23H30N6O2. The molecule has 8 heteroatoms. The third-order valence-electron chi connectivity index (χ3n) is 5.19. The van der Waals surface area contributed by atoms with Crippen molar-refractivity contribution in [1.29, 1.82) is 0 Å². The van der Waals surface area contributed by atoms with Gasteiger partial charge in [0, 0.05) is 38.1 Å². The van der Waals surface area contributed by atoms with Gasteiger partial charge in [0.1, 0.15) is 0 Å². The zero-order valence-electron chi connectivity index (χ0n) is 18.7. The molecule has 1 amide bonds. The number of carbonyl (C=O) groups is 1. The van der Waals surface area contributed by atoms with Crippen LogP contribution in [0.2, 0.25) is 0 Å². The molecule has 2 aromatic heterocycles. The van der Waals surface area contributed by atoms with E-state index in [1.807, 2.05) is 42.9 Å². The number of guanidine groups is 1. The first kappa shape index (κ1) is 22.1. The van der Waals surface area contributed by atoms with E-state index in [1.54, 1.807) is 19.2 Å². The van der Waals surface area contributed by atoms with Gasteiger partial charge in [-0.3, -0.25) is 14.5 Å². The molecule has 0 aliphatic heterocycles. The van der Waals surface area contributed by atoms with Gasteiger partial charge in [-0.05, 0) is 62.6 Å². The fraction of sp³-hybridized carbons (Fsp3) is 0.348. The average molecular weight is 423 g/mol. The third kappa shape index (κ3) is 5.75. The van der Waals surface area contributed by atoms with E-state index in [2.05, 4.69) is 39.9 Å². The van der Waals surface area contributed by atoms with Crippen molar-refractivity contribution in [1.82, 2.24) is 20.4 Å². The second-order valence-corrected chi connectivity index (χ2v) is 7.58. The zero-order chi connectivity index (χ0) is 22.4. The lowest BCUT2D eigenvalue weighted by atomic mass is 10.1. The number of aliphatic imine (C=N–C) groups is 1. The monoisotopic (exact) mass is 422 g/mol. The van der Waals surface area contributed by atoms with Crippen LogP contribution < -0.4 is 16.0 Å². The van der Waals surface area contributed by atoms with Crippen LogP contribution >= 0.6 is 0 Å². The van der Waals surface area contributed by atoms with Gasteiger partial charge >= 0.3 is 0 Å². The molecule has 8 nitrogen and oxygen atoms in total. The highest BCUT2D eigenvalue weighted by Crippen LogP contribution is 2.14. The molecule has 1 unspecified atom stereocenters. The van der Waals surface area contributed by atoms with E-state index < -0.39 is 0 Å². The minimum Gasteiger partial charge on any atom is -0.459 e. The molecule has 0 aliphatic rings. The summed E-state index contributed by atoms with van der Waals surface area (Å²) in [6, 6.07) is 11.2. The van der Waals surface area contributed by atoms with Gasteiger partial charge in [-0.1, -0.05) is 12.1 Å². The maximum absolute atomic E-state index is 12.0. The van der Waals surface area contributed by atoms with Crippen LogP contribution in [0.3, 0.4) is 0 Å². The predicted molar refractivity (Wildman–Crippen MR) is 122 cm³/mol.